The van der Waals surface area contributed by atoms with Crippen LogP contribution in [0.3, 0.4) is 0 Å². The molecular formula is C18H21F3N2O3. The van der Waals surface area contributed by atoms with Gasteiger partial charge in [0.2, 0.25) is 5.91 Å². The van der Waals surface area contributed by atoms with E-state index in [4.69, 9.17) is 4.74 Å². The standard InChI is InChI=1S/C18H21F3N2O3/c1-17(5-6-17)10-26-14-8-11(18(19,20)21)2-3-13(14)16(25)23-12-4-7-22-15(24)9-12/h2-3,8,12H,4-7,9-10H2,1H3,(H,22,24)(H,23,25). The molecule has 1 saturated heterocycles. The first-order valence-corrected chi connectivity index (χ1v) is 8.58. The number of nitrogens with one attached hydrogen (secondary N) is 2. The molecular weight excluding hydrogens is 349 g/mol. The van der Waals surface area contributed by atoms with Crippen molar-refractivity contribution < 1.29 is 27.5 Å². The van der Waals surface area contributed by atoms with Crippen molar-refractivity contribution in [1.82, 2.24) is 10.6 Å². The van der Waals surface area contributed by atoms with Crippen LogP contribution in [0.25, 0.3) is 0 Å². The molecule has 2 aliphatic rings. The fourth-order valence-electron chi connectivity index (χ4n) is 2.79. The number of piperidine rings is 1. The van der Waals surface area contributed by atoms with Gasteiger partial charge in [-0.15, -0.1) is 0 Å². The van der Waals surface area contributed by atoms with Gasteiger partial charge in [0.05, 0.1) is 17.7 Å². The second-order valence-corrected chi connectivity index (χ2v) is 7.32. The summed E-state index contributed by atoms with van der Waals surface area (Å²) in [7, 11) is 0. The van der Waals surface area contributed by atoms with Gasteiger partial charge in [0.1, 0.15) is 5.75 Å². The van der Waals surface area contributed by atoms with Crippen molar-refractivity contribution in [3.63, 3.8) is 0 Å². The van der Waals surface area contributed by atoms with E-state index in [2.05, 4.69) is 10.6 Å². The maximum atomic E-state index is 13.0. The van der Waals surface area contributed by atoms with Crippen LogP contribution in [0.4, 0.5) is 13.2 Å². The van der Waals surface area contributed by atoms with Gasteiger partial charge in [0.15, 0.2) is 0 Å². The summed E-state index contributed by atoms with van der Waals surface area (Å²) in [5.74, 6) is -0.771. The second-order valence-electron chi connectivity index (χ2n) is 7.32. The fraction of sp³-hybridized carbons (Fsp3) is 0.556. The molecule has 3 rings (SSSR count). The molecule has 1 aliphatic heterocycles. The number of hydrogen-bond acceptors (Lipinski definition) is 3. The first-order chi connectivity index (χ1) is 12.2. The molecule has 0 bridgehead atoms. The molecule has 0 aromatic heterocycles. The van der Waals surface area contributed by atoms with Crippen LogP contribution in [0.2, 0.25) is 0 Å². The zero-order chi connectivity index (χ0) is 18.9. The van der Waals surface area contributed by atoms with Crippen molar-refractivity contribution >= 4 is 11.8 Å². The fourth-order valence-corrected chi connectivity index (χ4v) is 2.79. The van der Waals surface area contributed by atoms with Crippen LogP contribution in [0.15, 0.2) is 18.2 Å². The summed E-state index contributed by atoms with van der Waals surface area (Å²) < 4.78 is 44.6. The van der Waals surface area contributed by atoms with Crippen molar-refractivity contribution in [2.45, 2.75) is 44.8 Å². The Hall–Kier alpha value is -2.25. The highest BCUT2D eigenvalue weighted by atomic mass is 19.4. The maximum Gasteiger partial charge on any atom is 0.416 e. The molecule has 2 amide bonds. The first-order valence-electron chi connectivity index (χ1n) is 8.58. The quantitative estimate of drug-likeness (QED) is 0.838. The van der Waals surface area contributed by atoms with Crippen LogP contribution < -0.4 is 15.4 Å². The van der Waals surface area contributed by atoms with Crippen LogP contribution >= 0.6 is 0 Å². The molecule has 1 aliphatic carbocycles. The lowest BCUT2D eigenvalue weighted by molar-refractivity contribution is -0.137. The Kier molecular flexibility index (Phi) is 4.86. The SMILES string of the molecule is CC1(COc2cc(C(F)(F)F)ccc2C(=O)NC2CCNC(=O)C2)CC1. The van der Waals surface area contributed by atoms with E-state index in [1.54, 1.807) is 0 Å². The minimum absolute atomic E-state index is 0.0383. The van der Waals surface area contributed by atoms with Gasteiger partial charge in [0, 0.05) is 24.4 Å². The summed E-state index contributed by atoms with van der Waals surface area (Å²) >= 11 is 0. The Balaban J connectivity index is 1.79. The monoisotopic (exact) mass is 370 g/mol. The summed E-state index contributed by atoms with van der Waals surface area (Å²) in [5.41, 5.74) is -0.848. The van der Waals surface area contributed by atoms with Crippen LogP contribution in [0.1, 0.15) is 48.5 Å². The van der Waals surface area contributed by atoms with Gasteiger partial charge in [-0.3, -0.25) is 9.59 Å². The number of rotatable bonds is 5. The number of hydrogen-bond donors (Lipinski definition) is 2. The summed E-state index contributed by atoms with van der Waals surface area (Å²) in [6, 6.07) is 2.53. The van der Waals surface area contributed by atoms with E-state index in [0.29, 0.717) is 13.0 Å². The highest BCUT2D eigenvalue weighted by Crippen LogP contribution is 2.45. The average molecular weight is 370 g/mol. The van der Waals surface area contributed by atoms with Gasteiger partial charge in [-0.25, -0.2) is 0 Å². The number of ether oxygens (including phenoxy) is 1. The van der Waals surface area contributed by atoms with E-state index in [9.17, 15) is 22.8 Å². The molecule has 142 valence electrons. The third-order valence-corrected chi connectivity index (χ3v) is 4.82. The highest BCUT2D eigenvalue weighted by molar-refractivity contribution is 5.97. The van der Waals surface area contributed by atoms with Gasteiger partial charge in [0.25, 0.3) is 5.91 Å². The number of benzene rings is 1. The lowest BCUT2D eigenvalue weighted by atomic mass is 10.0. The molecule has 1 aromatic rings. The molecule has 2 fully saturated rings. The minimum atomic E-state index is -4.52. The van der Waals surface area contributed by atoms with Crippen molar-refractivity contribution in [2.24, 2.45) is 5.41 Å². The Bertz CT molecular complexity index is 714. The second kappa shape index (κ2) is 6.81. The zero-order valence-electron chi connectivity index (χ0n) is 14.4. The smallest absolute Gasteiger partial charge is 0.416 e. The topological polar surface area (TPSA) is 67.4 Å². The molecule has 1 saturated carbocycles. The van der Waals surface area contributed by atoms with Crippen LogP contribution in [0.5, 0.6) is 5.75 Å². The molecule has 8 heteroatoms. The van der Waals surface area contributed by atoms with Crippen LogP contribution in [-0.4, -0.2) is 31.0 Å². The molecule has 1 heterocycles. The molecule has 1 unspecified atom stereocenters. The van der Waals surface area contributed by atoms with E-state index in [-0.39, 0.29) is 41.7 Å². The first kappa shape index (κ1) is 18.5. The third-order valence-electron chi connectivity index (χ3n) is 4.82. The predicted molar refractivity (Wildman–Crippen MR) is 87.8 cm³/mol. The molecule has 1 atom stereocenters. The Morgan fingerprint density at radius 3 is 2.73 bits per heavy atom. The Labute approximate surface area is 149 Å². The van der Waals surface area contributed by atoms with E-state index in [0.717, 1.165) is 31.0 Å². The van der Waals surface area contributed by atoms with Crippen molar-refractivity contribution in [1.29, 1.82) is 0 Å². The zero-order valence-corrected chi connectivity index (χ0v) is 14.4. The number of carbonyl (C=O) groups excluding carboxylic acids is 2. The average Bonchev–Trinajstić information content (AvgIpc) is 3.30. The van der Waals surface area contributed by atoms with Gasteiger partial charge in [-0.05, 0) is 37.5 Å². The Morgan fingerprint density at radius 2 is 2.12 bits per heavy atom. The van der Waals surface area contributed by atoms with Gasteiger partial charge >= 0.3 is 6.18 Å². The summed E-state index contributed by atoms with van der Waals surface area (Å²) in [6.07, 6.45) is -1.89. The molecule has 0 spiro atoms. The van der Waals surface area contributed by atoms with Crippen molar-refractivity contribution in [3.8, 4) is 5.75 Å². The van der Waals surface area contributed by atoms with Gasteiger partial charge in [-0.2, -0.15) is 13.2 Å². The minimum Gasteiger partial charge on any atom is -0.492 e. The maximum absolute atomic E-state index is 13.0. The molecule has 0 radical (unpaired) electrons. The highest BCUT2D eigenvalue weighted by Gasteiger charge is 2.39. The molecule has 5 nitrogen and oxygen atoms in total. The van der Waals surface area contributed by atoms with Gasteiger partial charge < -0.3 is 15.4 Å². The summed E-state index contributed by atoms with van der Waals surface area (Å²) in [4.78, 5) is 24.0. The Morgan fingerprint density at radius 1 is 1.38 bits per heavy atom. The van der Waals surface area contributed by atoms with E-state index < -0.39 is 17.6 Å². The van der Waals surface area contributed by atoms with Crippen LogP contribution in [-0.2, 0) is 11.0 Å². The summed E-state index contributed by atoms with van der Waals surface area (Å²) in [6.45, 7) is 2.71. The predicted octanol–water partition coefficient (Wildman–Crippen LogP) is 2.89. The number of alkyl halides is 3. The number of amides is 2. The van der Waals surface area contributed by atoms with E-state index in [1.807, 2.05) is 6.92 Å². The molecule has 1 aromatic carbocycles. The lowest BCUT2D eigenvalue weighted by Gasteiger charge is -2.24. The van der Waals surface area contributed by atoms with E-state index >= 15 is 0 Å². The molecule has 26 heavy (non-hydrogen) atoms. The van der Waals surface area contributed by atoms with Crippen molar-refractivity contribution in [2.75, 3.05) is 13.2 Å². The van der Waals surface area contributed by atoms with E-state index in [1.165, 1.54) is 0 Å². The lowest BCUT2D eigenvalue weighted by Crippen LogP contribution is -2.45. The molecule has 2 N–H and O–H groups in total. The summed E-state index contributed by atoms with van der Waals surface area (Å²) in [5, 5.41) is 5.38. The number of halogens is 3. The van der Waals surface area contributed by atoms with Crippen LogP contribution in [0, 0.1) is 5.41 Å². The largest absolute Gasteiger partial charge is 0.492 e. The van der Waals surface area contributed by atoms with Gasteiger partial charge in [-0.1, -0.05) is 6.92 Å². The third kappa shape index (κ3) is 4.47. The normalized spacial score (nSPS) is 21.7. The van der Waals surface area contributed by atoms with Crippen molar-refractivity contribution in [3.05, 3.63) is 29.3 Å². The number of carbonyl (C=O) groups is 2.